The van der Waals surface area contributed by atoms with Crippen LogP contribution in [0.15, 0.2) is 36.5 Å². The van der Waals surface area contributed by atoms with Gasteiger partial charge in [0.1, 0.15) is 22.7 Å². The molecule has 0 unspecified atom stereocenters. The Morgan fingerprint density at radius 3 is 2.44 bits per heavy atom. The van der Waals surface area contributed by atoms with Crippen LogP contribution in [0, 0.1) is 0 Å². The summed E-state index contributed by atoms with van der Waals surface area (Å²) < 4.78 is 24.1. The van der Waals surface area contributed by atoms with E-state index < -0.39 is 29.9 Å². The van der Waals surface area contributed by atoms with Crippen molar-refractivity contribution in [3.8, 4) is 11.5 Å². The first kappa shape index (κ1) is 22.6. The van der Waals surface area contributed by atoms with Crippen molar-refractivity contribution in [3.63, 3.8) is 0 Å². The number of carbonyl (C=O) groups is 1. The number of carbonyl (C=O) groups excluding carboxylic acids is 1. The molecule has 1 aliphatic carbocycles. The van der Waals surface area contributed by atoms with Crippen molar-refractivity contribution >= 4 is 24.6 Å². The Morgan fingerprint density at radius 2 is 1.78 bits per heavy atom. The predicted octanol–water partition coefficient (Wildman–Crippen LogP) is 4.70. The number of nitrogens with zero attached hydrogens (tertiary/aromatic N) is 1. The van der Waals surface area contributed by atoms with E-state index in [4.69, 9.17) is 18.8 Å². The zero-order valence-corrected chi connectivity index (χ0v) is 19.8. The van der Waals surface area contributed by atoms with E-state index in [1.165, 1.54) is 0 Å². The summed E-state index contributed by atoms with van der Waals surface area (Å²) in [4.78, 5) is 17.4. The van der Waals surface area contributed by atoms with Gasteiger partial charge in [0.2, 0.25) is 0 Å². The second-order valence-electron chi connectivity index (χ2n) is 10.3. The Balaban J connectivity index is 1.70. The van der Waals surface area contributed by atoms with Gasteiger partial charge in [-0.15, -0.1) is 0 Å². The van der Waals surface area contributed by atoms with E-state index in [2.05, 4.69) is 11.1 Å². The minimum atomic E-state index is -0.626. The molecule has 4 rings (SSSR count). The Hall–Kier alpha value is -2.64. The van der Waals surface area contributed by atoms with Crippen LogP contribution in [0.4, 0.5) is 0 Å². The maximum atomic E-state index is 12.9. The van der Waals surface area contributed by atoms with Crippen LogP contribution < -0.4 is 10.2 Å². The van der Waals surface area contributed by atoms with Gasteiger partial charge < -0.3 is 18.8 Å². The average molecular weight is 435 g/mol. The van der Waals surface area contributed by atoms with Crippen LogP contribution in [0.2, 0.25) is 0 Å². The highest BCUT2D eigenvalue weighted by molar-refractivity contribution is 6.62. The summed E-state index contributed by atoms with van der Waals surface area (Å²) in [5.74, 6) is 0.461. The molecule has 168 valence electrons. The predicted molar refractivity (Wildman–Crippen MR) is 124 cm³/mol. The third kappa shape index (κ3) is 4.45. The van der Waals surface area contributed by atoms with Crippen molar-refractivity contribution < 1.29 is 23.6 Å². The van der Waals surface area contributed by atoms with Crippen molar-refractivity contribution in [2.45, 2.75) is 71.7 Å². The molecule has 1 aromatic carbocycles. The third-order valence-electron chi connectivity index (χ3n) is 5.96. The van der Waals surface area contributed by atoms with E-state index in [0.29, 0.717) is 17.1 Å². The van der Waals surface area contributed by atoms with E-state index >= 15 is 0 Å². The fourth-order valence-corrected chi connectivity index (χ4v) is 3.54. The molecule has 1 aromatic heterocycles. The molecule has 0 amide bonds. The fraction of sp³-hybridized carbons (Fsp3) is 0.440. The van der Waals surface area contributed by atoms with E-state index in [-0.39, 0.29) is 0 Å². The van der Waals surface area contributed by atoms with E-state index in [0.717, 1.165) is 23.1 Å². The topological polar surface area (TPSA) is 66.9 Å². The molecule has 32 heavy (non-hydrogen) atoms. The molecule has 0 spiro atoms. The minimum Gasteiger partial charge on any atom is -0.456 e. The molecule has 0 saturated carbocycles. The number of benzene rings is 1. The second kappa shape index (κ2) is 7.75. The first-order valence-electron chi connectivity index (χ1n) is 10.9. The van der Waals surface area contributed by atoms with Gasteiger partial charge in [0.05, 0.1) is 23.1 Å². The largest absolute Gasteiger partial charge is 0.494 e. The maximum absolute atomic E-state index is 12.9. The molecule has 6 nitrogen and oxygen atoms in total. The van der Waals surface area contributed by atoms with E-state index in [1.54, 1.807) is 18.3 Å². The van der Waals surface area contributed by atoms with Crippen LogP contribution in [0.1, 0.15) is 70.1 Å². The van der Waals surface area contributed by atoms with Crippen molar-refractivity contribution in [2.75, 3.05) is 0 Å². The number of esters is 1. The lowest BCUT2D eigenvalue weighted by atomic mass is 9.78. The summed E-state index contributed by atoms with van der Waals surface area (Å²) >= 11 is 0. The number of pyridine rings is 1. The van der Waals surface area contributed by atoms with Crippen LogP contribution in [0.5, 0.6) is 11.5 Å². The van der Waals surface area contributed by atoms with Crippen molar-refractivity contribution in [1.29, 1.82) is 0 Å². The molecule has 2 aromatic rings. The number of aromatic nitrogens is 1. The van der Waals surface area contributed by atoms with Gasteiger partial charge in [0.25, 0.3) is 0 Å². The lowest BCUT2D eigenvalue weighted by molar-refractivity contribution is 0.00578. The second-order valence-corrected chi connectivity index (χ2v) is 10.3. The lowest BCUT2D eigenvalue weighted by Gasteiger charge is -2.32. The monoisotopic (exact) mass is 435 g/mol. The number of rotatable bonds is 4. The minimum absolute atomic E-state index is 0.330. The number of hydrogen-bond acceptors (Lipinski definition) is 6. The first-order chi connectivity index (χ1) is 14.8. The summed E-state index contributed by atoms with van der Waals surface area (Å²) in [5, 5.41) is 0. The number of allylic oxidation sites excluding steroid dienone is 1. The Morgan fingerprint density at radius 1 is 1.09 bits per heavy atom. The zero-order valence-electron chi connectivity index (χ0n) is 19.8. The summed E-state index contributed by atoms with van der Waals surface area (Å²) in [5.41, 5.74) is 1.55. The highest BCUT2D eigenvalue weighted by atomic mass is 16.7. The molecular weight excluding hydrogens is 405 g/mol. The van der Waals surface area contributed by atoms with Crippen molar-refractivity contribution in [2.24, 2.45) is 0 Å². The normalized spacial score (nSPS) is 18.5. The standard InChI is InChI=1S/C25H30BNO5/c1-23(2,3)30-22(28)19-12-11-17(26-31-24(4,5)25(6,7)32-26)14-21(19)29-18-13-16-9-8-10-20(16)27-15-18/h8-9,11-15H,10H2,1-7H3. The molecule has 1 aliphatic heterocycles. The smallest absolute Gasteiger partial charge is 0.456 e. The number of ether oxygens (including phenoxy) is 2. The molecule has 0 atom stereocenters. The average Bonchev–Trinajstić information content (AvgIpc) is 3.21. The Kier molecular flexibility index (Phi) is 5.46. The highest BCUT2D eigenvalue weighted by Crippen LogP contribution is 2.37. The number of hydrogen-bond donors (Lipinski definition) is 0. The Bertz CT molecular complexity index is 1070. The van der Waals surface area contributed by atoms with Crippen LogP contribution >= 0.6 is 0 Å². The van der Waals surface area contributed by atoms with Gasteiger partial charge in [-0.05, 0) is 77.7 Å². The highest BCUT2D eigenvalue weighted by Gasteiger charge is 2.51. The van der Waals surface area contributed by atoms with Gasteiger partial charge >= 0.3 is 13.1 Å². The molecule has 1 saturated heterocycles. The van der Waals surface area contributed by atoms with E-state index in [9.17, 15) is 4.79 Å². The molecule has 0 N–H and O–H groups in total. The van der Waals surface area contributed by atoms with Crippen molar-refractivity contribution in [1.82, 2.24) is 4.98 Å². The van der Waals surface area contributed by atoms with Gasteiger partial charge in [0, 0.05) is 6.42 Å². The van der Waals surface area contributed by atoms with Gasteiger partial charge in [-0.2, -0.15) is 0 Å². The molecule has 2 aliphatic rings. The molecule has 0 bridgehead atoms. The molecule has 2 heterocycles. The SMILES string of the molecule is CC(C)(C)OC(=O)c1ccc(B2OC(C)(C)C(C)(C)O2)cc1Oc1cnc2c(c1)C=CC2. The third-order valence-corrected chi connectivity index (χ3v) is 5.96. The summed E-state index contributed by atoms with van der Waals surface area (Å²) in [7, 11) is -0.573. The van der Waals surface area contributed by atoms with E-state index in [1.807, 2.05) is 66.7 Å². The summed E-state index contributed by atoms with van der Waals surface area (Å²) in [6, 6.07) is 7.22. The van der Waals surface area contributed by atoms with Crippen LogP contribution in [0.3, 0.4) is 0 Å². The van der Waals surface area contributed by atoms with Gasteiger partial charge in [-0.25, -0.2) is 4.79 Å². The van der Waals surface area contributed by atoms with Crippen LogP contribution in [-0.4, -0.2) is 34.9 Å². The maximum Gasteiger partial charge on any atom is 0.494 e. The van der Waals surface area contributed by atoms with Gasteiger partial charge in [-0.1, -0.05) is 18.2 Å². The molecule has 0 radical (unpaired) electrons. The molecule has 7 heteroatoms. The zero-order chi connectivity index (χ0) is 23.3. The fourth-order valence-electron chi connectivity index (χ4n) is 3.54. The van der Waals surface area contributed by atoms with Gasteiger partial charge in [-0.3, -0.25) is 4.98 Å². The molecular formula is C25H30BNO5. The van der Waals surface area contributed by atoms with Crippen LogP contribution in [0.25, 0.3) is 6.08 Å². The molecule has 1 fully saturated rings. The Labute approximate surface area is 190 Å². The number of fused-ring (bicyclic) bond motifs is 1. The van der Waals surface area contributed by atoms with Crippen molar-refractivity contribution in [3.05, 3.63) is 53.4 Å². The summed E-state index contributed by atoms with van der Waals surface area (Å²) in [6.07, 6.45) is 6.57. The quantitative estimate of drug-likeness (QED) is 0.513. The first-order valence-corrected chi connectivity index (χ1v) is 10.9. The lowest BCUT2D eigenvalue weighted by Crippen LogP contribution is -2.41. The van der Waals surface area contributed by atoms with Gasteiger partial charge in [0.15, 0.2) is 0 Å². The van der Waals surface area contributed by atoms with Crippen LogP contribution in [-0.2, 0) is 20.5 Å². The summed E-state index contributed by atoms with van der Waals surface area (Å²) in [6.45, 7) is 13.5.